The molecule has 0 fully saturated rings. The predicted molar refractivity (Wildman–Crippen MR) is 94.8 cm³/mol. The standard InChI is InChI=1S/2C10H14O.Fe/c2*1-10(2,3)9(11)8-6-4-5-7-8;/h2*4-7,11H,1-3H3;. The SMILES string of the molecule is CC(C)(C)C(O)=C1C=CC=C1.CC(C)(C)C(O)=C1C=CC=C1.[Fe]. The minimum Gasteiger partial charge on any atom is -0.511 e. The van der Waals surface area contributed by atoms with Gasteiger partial charge in [0, 0.05) is 39.0 Å². The molecule has 128 valence electrons. The molecule has 2 nitrogen and oxygen atoms in total. The van der Waals surface area contributed by atoms with Gasteiger partial charge < -0.3 is 10.2 Å². The van der Waals surface area contributed by atoms with Crippen molar-refractivity contribution in [2.45, 2.75) is 41.5 Å². The Kier molecular flexibility index (Phi) is 7.89. The number of aliphatic hydroxyl groups excluding tert-OH is 2. The number of hydrogen-bond acceptors (Lipinski definition) is 2. The molecule has 0 saturated carbocycles. The molecule has 2 N–H and O–H groups in total. The molecule has 0 unspecified atom stereocenters. The fourth-order valence-corrected chi connectivity index (χ4v) is 1.93. The van der Waals surface area contributed by atoms with Gasteiger partial charge in [0.15, 0.2) is 0 Å². The molecule has 0 aromatic carbocycles. The molecule has 2 aliphatic carbocycles. The van der Waals surface area contributed by atoms with E-state index in [0.29, 0.717) is 11.5 Å². The Morgan fingerprint density at radius 3 is 1.00 bits per heavy atom. The molecule has 0 bridgehead atoms. The second-order valence-corrected chi connectivity index (χ2v) is 7.54. The van der Waals surface area contributed by atoms with Crippen molar-refractivity contribution in [2.24, 2.45) is 10.8 Å². The summed E-state index contributed by atoms with van der Waals surface area (Å²) in [4.78, 5) is 0. The first-order valence-corrected chi connectivity index (χ1v) is 7.60. The van der Waals surface area contributed by atoms with Gasteiger partial charge in [-0.05, 0) is 0 Å². The molecule has 2 rings (SSSR count). The molecule has 3 heteroatoms. The van der Waals surface area contributed by atoms with Gasteiger partial charge in [-0.25, -0.2) is 0 Å². The summed E-state index contributed by atoms with van der Waals surface area (Å²) < 4.78 is 0. The molecule has 0 radical (unpaired) electrons. The zero-order chi connectivity index (χ0) is 17.0. The molecule has 0 atom stereocenters. The quantitative estimate of drug-likeness (QED) is 0.417. The van der Waals surface area contributed by atoms with Crippen LogP contribution in [0, 0.1) is 10.8 Å². The van der Waals surface area contributed by atoms with E-state index < -0.39 is 0 Å². The molecule has 0 aromatic heterocycles. The smallest absolute Gasteiger partial charge is 0.105 e. The van der Waals surface area contributed by atoms with Crippen LogP contribution in [0.3, 0.4) is 0 Å². The van der Waals surface area contributed by atoms with Crippen LogP contribution < -0.4 is 0 Å². The zero-order valence-electron chi connectivity index (χ0n) is 14.9. The minimum absolute atomic E-state index is 0. The average molecular weight is 356 g/mol. The van der Waals surface area contributed by atoms with Crippen molar-refractivity contribution < 1.29 is 27.3 Å². The summed E-state index contributed by atoms with van der Waals surface area (Å²) in [5, 5.41) is 19.3. The van der Waals surface area contributed by atoms with Crippen LogP contribution in [0.2, 0.25) is 0 Å². The van der Waals surface area contributed by atoms with Crippen LogP contribution in [-0.4, -0.2) is 10.2 Å². The summed E-state index contributed by atoms with van der Waals surface area (Å²) in [5.74, 6) is 0.921. The van der Waals surface area contributed by atoms with Crippen molar-refractivity contribution in [3.8, 4) is 0 Å². The van der Waals surface area contributed by atoms with E-state index in [9.17, 15) is 10.2 Å². The monoisotopic (exact) mass is 356 g/mol. The Labute approximate surface area is 151 Å². The van der Waals surface area contributed by atoms with Gasteiger partial charge in [0.25, 0.3) is 0 Å². The molecule has 0 spiro atoms. The summed E-state index contributed by atoms with van der Waals surface area (Å²) in [6.45, 7) is 12.0. The van der Waals surface area contributed by atoms with Crippen molar-refractivity contribution in [1.82, 2.24) is 0 Å². The van der Waals surface area contributed by atoms with Gasteiger partial charge >= 0.3 is 0 Å². The Bertz CT molecular complexity index is 504. The second-order valence-electron chi connectivity index (χ2n) is 7.54. The van der Waals surface area contributed by atoms with E-state index in [-0.39, 0.29) is 27.9 Å². The van der Waals surface area contributed by atoms with Crippen LogP contribution in [-0.2, 0) is 17.1 Å². The number of hydrogen-bond donors (Lipinski definition) is 2. The summed E-state index contributed by atoms with van der Waals surface area (Å²) in [7, 11) is 0. The van der Waals surface area contributed by atoms with Crippen molar-refractivity contribution in [3.63, 3.8) is 0 Å². The number of allylic oxidation sites excluding steroid dienone is 12. The maximum absolute atomic E-state index is 9.66. The Hall–Kier alpha value is -1.44. The third kappa shape index (κ3) is 6.68. The first-order chi connectivity index (χ1) is 10.0. The van der Waals surface area contributed by atoms with E-state index in [2.05, 4.69) is 0 Å². The fraction of sp³-hybridized carbons (Fsp3) is 0.400. The van der Waals surface area contributed by atoms with Crippen molar-refractivity contribution >= 4 is 0 Å². The first-order valence-electron chi connectivity index (χ1n) is 7.60. The van der Waals surface area contributed by atoms with E-state index in [1.807, 2.05) is 90.2 Å². The Morgan fingerprint density at radius 1 is 0.609 bits per heavy atom. The molecule has 23 heavy (non-hydrogen) atoms. The largest absolute Gasteiger partial charge is 0.511 e. The normalized spacial score (nSPS) is 15.4. The van der Waals surface area contributed by atoms with Gasteiger partial charge in [-0.1, -0.05) is 90.2 Å². The predicted octanol–water partition coefficient (Wildman–Crippen LogP) is 5.94. The maximum Gasteiger partial charge on any atom is 0.105 e. The molecule has 0 aliphatic heterocycles. The summed E-state index contributed by atoms with van der Waals surface area (Å²) in [6, 6.07) is 0. The van der Waals surface area contributed by atoms with E-state index in [1.54, 1.807) is 0 Å². The average Bonchev–Trinajstić information content (AvgIpc) is 3.08. The van der Waals surface area contributed by atoms with E-state index in [4.69, 9.17) is 0 Å². The van der Waals surface area contributed by atoms with Crippen molar-refractivity contribution in [3.05, 3.63) is 71.3 Å². The van der Waals surface area contributed by atoms with Crippen LogP contribution in [0.1, 0.15) is 41.5 Å². The third-order valence-corrected chi connectivity index (χ3v) is 3.29. The molecule has 0 amide bonds. The van der Waals surface area contributed by atoms with Gasteiger partial charge in [-0.3, -0.25) is 0 Å². The van der Waals surface area contributed by atoms with Gasteiger partial charge in [-0.15, -0.1) is 0 Å². The van der Waals surface area contributed by atoms with Gasteiger partial charge in [-0.2, -0.15) is 0 Å². The van der Waals surface area contributed by atoms with Crippen LogP contribution in [0.5, 0.6) is 0 Å². The molecule has 0 saturated heterocycles. The molecular formula is C20H28FeO2. The number of aliphatic hydroxyl groups is 2. The zero-order valence-corrected chi connectivity index (χ0v) is 16.0. The molecular weight excluding hydrogens is 328 g/mol. The molecule has 2 aliphatic rings. The Balaban J connectivity index is 0.000000403. The van der Waals surface area contributed by atoms with Crippen LogP contribution in [0.4, 0.5) is 0 Å². The van der Waals surface area contributed by atoms with Crippen LogP contribution in [0.25, 0.3) is 0 Å². The summed E-state index contributed by atoms with van der Waals surface area (Å²) >= 11 is 0. The van der Waals surface area contributed by atoms with Gasteiger partial charge in [0.05, 0.1) is 0 Å². The topological polar surface area (TPSA) is 40.5 Å². The number of rotatable bonds is 0. The van der Waals surface area contributed by atoms with Crippen LogP contribution in [0.15, 0.2) is 71.3 Å². The first kappa shape index (κ1) is 21.6. The van der Waals surface area contributed by atoms with Crippen molar-refractivity contribution in [1.29, 1.82) is 0 Å². The second kappa shape index (κ2) is 8.42. The summed E-state index contributed by atoms with van der Waals surface area (Å²) in [6.07, 6.45) is 15.4. The van der Waals surface area contributed by atoms with E-state index in [1.165, 1.54) is 0 Å². The fourth-order valence-electron chi connectivity index (χ4n) is 1.93. The summed E-state index contributed by atoms with van der Waals surface area (Å²) in [5.41, 5.74) is 1.57. The maximum atomic E-state index is 9.66. The Morgan fingerprint density at radius 2 is 0.826 bits per heavy atom. The van der Waals surface area contributed by atoms with Gasteiger partial charge in [0.1, 0.15) is 11.5 Å². The molecule has 0 heterocycles. The van der Waals surface area contributed by atoms with E-state index in [0.717, 1.165) is 11.1 Å². The van der Waals surface area contributed by atoms with Crippen molar-refractivity contribution in [2.75, 3.05) is 0 Å². The van der Waals surface area contributed by atoms with Crippen LogP contribution >= 0.6 is 0 Å². The third-order valence-electron chi connectivity index (χ3n) is 3.29. The minimum atomic E-state index is -0.144. The van der Waals surface area contributed by atoms with E-state index >= 15 is 0 Å². The molecule has 0 aromatic rings. The van der Waals surface area contributed by atoms with Gasteiger partial charge in [0.2, 0.25) is 0 Å².